The number of rotatable bonds is 7. The Bertz CT molecular complexity index is 420. The molecular formula is C16H26N2O4. The lowest BCUT2D eigenvalue weighted by Crippen LogP contribution is -2.51. The van der Waals surface area contributed by atoms with Crippen LogP contribution < -0.4 is 10.6 Å². The van der Waals surface area contributed by atoms with Gasteiger partial charge in [-0.3, -0.25) is 9.59 Å². The van der Waals surface area contributed by atoms with E-state index < -0.39 is 6.10 Å². The number of hydrogen-bond acceptors (Lipinski definition) is 4. The van der Waals surface area contributed by atoms with Crippen LogP contribution in [0.1, 0.15) is 44.9 Å². The first-order valence-electron chi connectivity index (χ1n) is 8.49. The molecule has 6 heteroatoms. The Hall–Kier alpha value is -1.14. The van der Waals surface area contributed by atoms with Gasteiger partial charge in [0.1, 0.15) is 6.10 Å². The van der Waals surface area contributed by atoms with Crippen LogP contribution in [0, 0.1) is 11.8 Å². The number of hydrogen-bond donors (Lipinski definition) is 3. The summed E-state index contributed by atoms with van der Waals surface area (Å²) in [5.74, 6) is 0.926. The van der Waals surface area contributed by atoms with Crippen molar-refractivity contribution >= 4 is 11.8 Å². The fraction of sp³-hybridized carbons (Fsp3) is 0.875. The average molecular weight is 310 g/mol. The zero-order valence-electron chi connectivity index (χ0n) is 12.9. The highest BCUT2D eigenvalue weighted by Gasteiger charge is 2.36. The molecule has 3 aliphatic rings. The standard InChI is InChI=1S/C16H26N2O4/c19-9-14-13(18-16(21)11-3-4-11)6-5-12(22-14)7-15(20)17-8-10-1-2-10/h10-14,19H,1-9H2,(H,17,20)(H,18,21)/t12-,13+,14+/m1/s1. The number of nitrogens with one attached hydrogen (secondary N) is 2. The van der Waals surface area contributed by atoms with Crippen molar-refractivity contribution in [3.63, 3.8) is 0 Å². The Morgan fingerprint density at radius 3 is 2.50 bits per heavy atom. The molecular weight excluding hydrogens is 284 g/mol. The molecule has 1 saturated heterocycles. The molecule has 0 spiro atoms. The third kappa shape index (κ3) is 4.43. The molecule has 0 aromatic carbocycles. The van der Waals surface area contributed by atoms with Gasteiger partial charge in [0.25, 0.3) is 0 Å². The van der Waals surface area contributed by atoms with Gasteiger partial charge in [0.15, 0.2) is 0 Å². The highest BCUT2D eigenvalue weighted by Crippen LogP contribution is 2.30. The smallest absolute Gasteiger partial charge is 0.223 e. The summed E-state index contributed by atoms with van der Waals surface area (Å²) in [5.41, 5.74) is 0. The minimum absolute atomic E-state index is 0.0223. The third-order valence-corrected chi connectivity index (χ3v) is 4.77. The first kappa shape index (κ1) is 15.7. The van der Waals surface area contributed by atoms with Gasteiger partial charge in [-0.15, -0.1) is 0 Å². The lowest BCUT2D eigenvalue weighted by Gasteiger charge is -2.36. The topological polar surface area (TPSA) is 87.7 Å². The fourth-order valence-electron chi connectivity index (χ4n) is 2.95. The maximum atomic E-state index is 11.9. The second kappa shape index (κ2) is 6.96. The number of amides is 2. The summed E-state index contributed by atoms with van der Waals surface area (Å²) in [6.45, 7) is 0.644. The van der Waals surface area contributed by atoms with Gasteiger partial charge >= 0.3 is 0 Å². The van der Waals surface area contributed by atoms with Gasteiger partial charge in [0.2, 0.25) is 11.8 Å². The second-order valence-electron chi connectivity index (χ2n) is 6.90. The molecule has 124 valence electrons. The second-order valence-corrected chi connectivity index (χ2v) is 6.90. The summed E-state index contributed by atoms with van der Waals surface area (Å²) in [6, 6.07) is -0.135. The lowest BCUT2D eigenvalue weighted by molar-refractivity contribution is -0.136. The Morgan fingerprint density at radius 2 is 1.86 bits per heavy atom. The molecule has 22 heavy (non-hydrogen) atoms. The summed E-state index contributed by atoms with van der Waals surface area (Å²) in [6.07, 6.45) is 5.63. The van der Waals surface area contributed by atoms with Crippen LogP contribution in [-0.4, -0.2) is 48.3 Å². The monoisotopic (exact) mass is 310 g/mol. The van der Waals surface area contributed by atoms with E-state index in [0.29, 0.717) is 12.3 Å². The van der Waals surface area contributed by atoms with Crippen molar-refractivity contribution in [2.24, 2.45) is 11.8 Å². The van der Waals surface area contributed by atoms with Crippen molar-refractivity contribution < 1.29 is 19.4 Å². The van der Waals surface area contributed by atoms with Crippen LogP contribution in [0.4, 0.5) is 0 Å². The van der Waals surface area contributed by atoms with Crippen LogP contribution >= 0.6 is 0 Å². The predicted molar refractivity (Wildman–Crippen MR) is 80.0 cm³/mol. The van der Waals surface area contributed by atoms with E-state index in [1.807, 2.05) is 0 Å². The Balaban J connectivity index is 1.41. The van der Waals surface area contributed by atoms with E-state index in [0.717, 1.165) is 32.2 Å². The third-order valence-electron chi connectivity index (χ3n) is 4.77. The maximum absolute atomic E-state index is 11.9. The molecule has 2 aliphatic carbocycles. The van der Waals surface area contributed by atoms with Crippen LogP contribution in [0.25, 0.3) is 0 Å². The van der Waals surface area contributed by atoms with Crippen LogP contribution in [0.2, 0.25) is 0 Å². The minimum atomic E-state index is -0.405. The maximum Gasteiger partial charge on any atom is 0.223 e. The van der Waals surface area contributed by atoms with Crippen molar-refractivity contribution in [1.82, 2.24) is 10.6 Å². The lowest BCUT2D eigenvalue weighted by atomic mass is 9.96. The molecule has 6 nitrogen and oxygen atoms in total. The van der Waals surface area contributed by atoms with E-state index in [-0.39, 0.29) is 36.5 Å². The first-order valence-corrected chi connectivity index (χ1v) is 8.49. The molecule has 0 aromatic heterocycles. The largest absolute Gasteiger partial charge is 0.394 e. The van der Waals surface area contributed by atoms with E-state index in [2.05, 4.69) is 10.6 Å². The molecule has 2 amide bonds. The molecule has 0 aromatic rings. The number of carbonyl (C=O) groups is 2. The van der Waals surface area contributed by atoms with E-state index in [1.54, 1.807) is 0 Å². The van der Waals surface area contributed by atoms with Crippen LogP contribution in [-0.2, 0) is 14.3 Å². The first-order chi connectivity index (χ1) is 10.7. The molecule has 2 saturated carbocycles. The van der Waals surface area contributed by atoms with Crippen LogP contribution in [0.3, 0.4) is 0 Å². The summed E-state index contributed by atoms with van der Waals surface area (Å²) in [7, 11) is 0. The van der Waals surface area contributed by atoms with Gasteiger partial charge in [0, 0.05) is 12.5 Å². The highest BCUT2D eigenvalue weighted by molar-refractivity contribution is 5.81. The molecule has 1 aliphatic heterocycles. The molecule has 3 fully saturated rings. The van der Waals surface area contributed by atoms with E-state index in [1.165, 1.54) is 12.8 Å². The molecule has 3 rings (SSSR count). The van der Waals surface area contributed by atoms with Crippen molar-refractivity contribution in [3.05, 3.63) is 0 Å². The average Bonchev–Trinajstić information content (AvgIpc) is 3.40. The SMILES string of the molecule is O=C(C[C@H]1CC[C@H](NC(=O)C2CC2)[C@H](CO)O1)NCC1CC1. The normalized spacial score (nSPS) is 31.6. The van der Waals surface area contributed by atoms with Crippen molar-refractivity contribution in [2.45, 2.75) is 63.2 Å². The summed E-state index contributed by atoms with van der Waals surface area (Å²) in [4.78, 5) is 23.7. The molecule has 1 heterocycles. The quantitative estimate of drug-likeness (QED) is 0.633. The molecule has 3 N–H and O–H groups in total. The Labute approximate surface area is 131 Å². The van der Waals surface area contributed by atoms with Crippen LogP contribution in [0.5, 0.6) is 0 Å². The highest BCUT2D eigenvalue weighted by atomic mass is 16.5. The fourth-order valence-corrected chi connectivity index (χ4v) is 2.95. The van der Waals surface area contributed by atoms with Gasteiger partial charge in [0.05, 0.1) is 25.2 Å². The minimum Gasteiger partial charge on any atom is -0.394 e. The molecule has 0 bridgehead atoms. The zero-order valence-corrected chi connectivity index (χ0v) is 12.9. The number of aliphatic hydroxyl groups is 1. The van der Waals surface area contributed by atoms with Crippen LogP contribution in [0.15, 0.2) is 0 Å². The molecule has 3 atom stereocenters. The van der Waals surface area contributed by atoms with E-state index >= 15 is 0 Å². The van der Waals surface area contributed by atoms with Gasteiger partial charge in [-0.1, -0.05) is 0 Å². The van der Waals surface area contributed by atoms with Crippen molar-refractivity contribution in [2.75, 3.05) is 13.2 Å². The predicted octanol–water partition coefficient (Wildman–Crippen LogP) is 0.337. The van der Waals surface area contributed by atoms with E-state index in [4.69, 9.17) is 4.74 Å². The molecule has 0 unspecified atom stereocenters. The summed E-state index contributed by atoms with van der Waals surface area (Å²) in [5, 5.41) is 15.4. The van der Waals surface area contributed by atoms with Gasteiger partial charge in [-0.25, -0.2) is 0 Å². The Kier molecular flexibility index (Phi) is 4.98. The van der Waals surface area contributed by atoms with E-state index in [9.17, 15) is 14.7 Å². The number of carbonyl (C=O) groups excluding carboxylic acids is 2. The Morgan fingerprint density at radius 1 is 1.09 bits per heavy atom. The summed E-state index contributed by atoms with van der Waals surface area (Å²) < 4.78 is 5.82. The summed E-state index contributed by atoms with van der Waals surface area (Å²) >= 11 is 0. The zero-order chi connectivity index (χ0) is 15.5. The number of ether oxygens (including phenoxy) is 1. The molecule has 0 radical (unpaired) electrons. The van der Waals surface area contributed by atoms with Gasteiger partial charge < -0.3 is 20.5 Å². The van der Waals surface area contributed by atoms with Gasteiger partial charge in [-0.2, -0.15) is 0 Å². The van der Waals surface area contributed by atoms with Gasteiger partial charge in [-0.05, 0) is 44.4 Å². The van der Waals surface area contributed by atoms with Crippen molar-refractivity contribution in [1.29, 1.82) is 0 Å². The number of aliphatic hydroxyl groups excluding tert-OH is 1. The van der Waals surface area contributed by atoms with Crippen molar-refractivity contribution in [3.8, 4) is 0 Å².